The van der Waals surface area contributed by atoms with Crippen molar-refractivity contribution in [3.8, 4) is 0 Å². The van der Waals surface area contributed by atoms with Gasteiger partial charge in [0.15, 0.2) is 0 Å². The summed E-state index contributed by atoms with van der Waals surface area (Å²) in [4.78, 5) is 25.7. The maximum atomic E-state index is 12.5. The normalized spacial score (nSPS) is 24.4. The van der Waals surface area contributed by atoms with Crippen LogP contribution in [0.3, 0.4) is 0 Å². The summed E-state index contributed by atoms with van der Waals surface area (Å²) < 4.78 is 5.70. The number of hydrogen-bond acceptors (Lipinski definition) is 3. The van der Waals surface area contributed by atoms with Gasteiger partial charge in [-0.1, -0.05) is 24.3 Å². The zero-order valence-corrected chi connectivity index (χ0v) is 14.8. The summed E-state index contributed by atoms with van der Waals surface area (Å²) in [5.74, 6) is -0.680. The van der Waals surface area contributed by atoms with Crippen molar-refractivity contribution in [1.82, 2.24) is 4.90 Å². The Morgan fingerprint density at radius 2 is 1.92 bits per heavy atom. The molecule has 2 aliphatic heterocycles. The molecule has 0 aromatic heterocycles. The van der Waals surface area contributed by atoms with Gasteiger partial charge in [0.2, 0.25) is 5.91 Å². The van der Waals surface area contributed by atoms with E-state index in [0.717, 1.165) is 19.3 Å². The lowest BCUT2D eigenvalue weighted by molar-refractivity contribution is -0.146. The van der Waals surface area contributed by atoms with E-state index in [1.807, 2.05) is 17.0 Å². The third kappa shape index (κ3) is 4.21. The molecule has 0 bridgehead atoms. The summed E-state index contributed by atoms with van der Waals surface area (Å²) in [7, 11) is 0. The first-order chi connectivity index (χ1) is 12.1. The number of carboxylic acid groups (broad SMARTS) is 1. The van der Waals surface area contributed by atoms with Gasteiger partial charge >= 0.3 is 5.97 Å². The highest BCUT2D eigenvalue weighted by molar-refractivity contribution is 5.76. The van der Waals surface area contributed by atoms with E-state index in [2.05, 4.69) is 19.1 Å². The van der Waals surface area contributed by atoms with Gasteiger partial charge in [0, 0.05) is 26.1 Å². The number of likely N-dealkylation sites (tertiary alicyclic amines) is 1. The highest BCUT2D eigenvalue weighted by Crippen LogP contribution is 2.33. The van der Waals surface area contributed by atoms with Crippen molar-refractivity contribution in [3.63, 3.8) is 0 Å². The Hall–Kier alpha value is -1.88. The molecule has 2 aliphatic rings. The molecule has 0 radical (unpaired) electrons. The van der Waals surface area contributed by atoms with Crippen molar-refractivity contribution in [3.05, 3.63) is 35.4 Å². The minimum absolute atomic E-state index is 0.179. The van der Waals surface area contributed by atoms with Gasteiger partial charge in [-0.2, -0.15) is 0 Å². The van der Waals surface area contributed by atoms with Crippen LogP contribution in [0, 0.1) is 18.8 Å². The molecule has 1 N–H and O–H groups in total. The Morgan fingerprint density at radius 1 is 1.20 bits per heavy atom. The number of carboxylic acids is 1. The van der Waals surface area contributed by atoms with Gasteiger partial charge in [-0.15, -0.1) is 0 Å². The first kappa shape index (κ1) is 17.9. The van der Waals surface area contributed by atoms with E-state index in [0.29, 0.717) is 32.5 Å². The number of aryl methyl sites for hydroxylation is 2. The Bertz CT molecular complexity index is 622. The zero-order chi connectivity index (χ0) is 17.8. The van der Waals surface area contributed by atoms with Gasteiger partial charge in [0.25, 0.3) is 0 Å². The highest BCUT2D eigenvalue weighted by atomic mass is 16.5. The zero-order valence-electron chi connectivity index (χ0n) is 14.8. The SMILES string of the molecule is Cc1ccccc1CCC(=O)N1CCC([C@@H]2OCCC2C(=O)O)CC1. The second-order valence-corrected chi connectivity index (χ2v) is 7.21. The van der Waals surface area contributed by atoms with Crippen LogP contribution in [-0.2, 0) is 20.7 Å². The smallest absolute Gasteiger partial charge is 0.309 e. The summed E-state index contributed by atoms with van der Waals surface area (Å²) in [6.07, 6.45) is 3.41. The van der Waals surface area contributed by atoms with Crippen molar-refractivity contribution >= 4 is 11.9 Å². The van der Waals surface area contributed by atoms with E-state index < -0.39 is 5.97 Å². The fourth-order valence-electron chi connectivity index (χ4n) is 4.11. The quantitative estimate of drug-likeness (QED) is 0.891. The minimum Gasteiger partial charge on any atom is -0.481 e. The number of aliphatic carboxylic acids is 1. The van der Waals surface area contributed by atoms with E-state index in [9.17, 15) is 14.7 Å². The summed E-state index contributed by atoms with van der Waals surface area (Å²) in [5.41, 5.74) is 2.46. The van der Waals surface area contributed by atoms with Gasteiger partial charge in [0.1, 0.15) is 0 Å². The van der Waals surface area contributed by atoms with Gasteiger partial charge in [-0.3, -0.25) is 9.59 Å². The molecule has 0 spiro atoms. The van der Waals surface area contributed by atoms with Crippen molar-refractivity contribution < 1.29 is 19.4 Å². The Balaban J connectivity index is 1.48. The second-order valence-electron chi connectivity index (χ2n) is 7.21. The third-order valence-corrected chi connectivity index (χ3v) is 5.68. The van der Waals surface area contributed by atoms with Crippen LogP contribution in [0.2, 0.25) is 0 Å². The number of carbonyl (C=O) groups is 2. The first-order valence-electron chi connectivity index (χ1n) is 9.23. The lowest BCUT2D eigenvalue weighted by Crippen LogP contribution is -2.43. The maximum absolute atomic E-state index is 12.5. The molecule has 0 aliphatic carbocycles. The summed E-state index contributed by atoms with van der Waals surface area (Å²) >= 11 is 0. The number of carbonyl (C=O) groups excluding carboxylic acids is 1. The van der Waals surface area contributed by atoms with Crippen LogP contribution in [0.4, 0.5) is 0 Å². The molecular weight excluding hydrogens is 318 g/mol. The fourth-order valence-corrected chi connectivity index (χ4v) is 4.11. The van der Waals surface area contributed by atoms with E-state index >= 15 is 0 Å². The van der Waals surface area contributed by atoms with Gasteiger partial charge in [-0.25, -0.2) is 0 Å². The predicted molar refractivity (Wildman–Crippen MR) is 94.3 cm³/mol. The topological polar surface area (TPSA) is 66.8 Å². The number of rotatable bonds is 5. The summed E-state index contributed by atoms with van der Waals surface area (Å²) in [5, 5.41) is 9.31. The first-order valence-corrected chi connectivity index (χ1v) is 9.23. The molecule has 5 nitrogen and oxygen atoms in total. The van der Waals surface area contributed by atoms with Crippen LogP contribution in [0.15, 0.2) is 24.3 Å². The number of ether oxygens (including phenoxy) is 1. The van der Waals surface area contributed by atoms with Gasteiger partial charge < -0.3 is 14.7 Å². The van der Waals surface area contributed by atoms with Crippen molar-refractivity contribution in [2.75, 3.05) is 19.7 Å². The van der Waals surface area contributed by atoms with Crippen LogP contribution in [0.1, 0.15) is 36.8 Å². The summed E-state index contributed by atoms with van der Waals surface area (Å²) in [6.45, 7) is 4.04. The van der Waals surface area contributed by atoms with Crippen LogP contribution in [0.5, 0.6) is 0 Å². The number of piperidine rings is 1. The fraction of sp³-hybridized carbons (Fsp3) is 0.600. The highest BCUT2D eigenvalue weighted by Gasteiger charge is 2.40. The monoisotopic (exact) mass is 345 g/mol. The molecule has 2 saturated heterocycles. The molecule has 25 heavy (non-hydrogen) atoms. The molecule has 1 aromatic rings. The van der Waals surface area contributed by atoms with E-state index in [1.54, 1.807) is 0 Å². The average Bonchev–Trinajstić information content (AvgIpc) is 3.11. The van der Waals surface area contributed by atoms with Crippen LogP contribution in [-0.4, -0.2) is 47.7 Å². The molecule has 136 valence electrons. The maximum Gasteiger partial charge on any atom is 0.309 e. The molecule has 1 unspecified atom stereocenters. The molecule has 1 amide bonds. The van der Waals surface area contributed by atoms with E-state index in [1.165, 1.54) is 11.1 Å². The largest absolute Gasteiger partial charge is 0.481 e. The van der Waals surface area contributed by atoms with Crippen LogP contribution in [0.25, 0.3) is 0 Å². The van der Waals surface area contributed by atoms with Crippen molar-refractivity contribution in [2.24, 2.45) is 11.8 Å². The lowest BCUT2D eigenvalue weighted by Gasteiger charge is -2.35. The van der Waals surface area contributed by atoms with E-state index in [4.69, 9.17) is 4.74 Å². The number of amides is 1. The minimum atomic E-state index is -0.751. The molecule has 2 heterocycles. The number of benzene rings is 1. The molecule has 2 fully saturated rings. The number of nitrogens with zero attached hydrogens (tertiary/aromatic N) is 1. The molecule has 0 saturated carbocycles. The van der Waals surface area contributed by atoms with Gasteiger partial charge in [0.05, 0.1) is 12.0 Å². The Labute approximate surface area is 149 Å². The molecule has 1 aromatic carbocycles. The molecule has 3 rings (SSSR count). The average molecular weight is 345 g/mol. The lowest BCUT2D eigenvalue weighted by atomic mass is 9.84. The number of hydrogen-bond donors (Lipinski definition) is 1. The summed E-state index contributed by atoms with van der Waals surface area (Å²) in [6, 6.07) is 8.18. The van der Waals surface area contributed by atoms with Crippen LogP contribution < -0.4 is 0 Å². The van der Waals surface area contributed by atoms with Crippen molar-refractivity contribution in [1.29, 1.82) is 0 Å². The molecule has 2 atom stereocenters. The standard InChI is InChI=1S/C20H27NO4/c1-14-4-2-3-5-15(14)6-7-18(22)21-11-8-16(9-12-21)19-17(20(23)24)10-13-25-19/h2-5,16-17,19H,6-13H2,1H3,(H,23,24)/t17?,19-/m0/s1. The molecule has 5 heteroatoms. The van der Waals surface area contributed by atoms with E-state index in [-0.39, 0.29) is 23.8 Å². The predicted octanol–water partition coefficient (Wildman–Crippen LogP) is 2.66. The molecular formula is C20H27NO4. The Morgan fingerprint density at radius 3 is 2.60 bits per heavy atom. The van der Waals surface area contributed by atoms with Gasteiger partial charge in [-0.05, 0) is 49.7 Å². The Kier molecular flexibility index (Phi) is 5.74. The second kappa shape index (κ2) is 8.00. The van der Waals surface area contributed by atoms with Crippen molar-refractivity contribution in [2.45, 2.75) is 45.1 Å². The third-order valence-electron chi connectivity index (χ3n) is 5.68. The van der Waals surface area contributed by atoms with Crippen LogP contribution >= 0.6 is 0 Å².